The lowest BCUT2D eigenvalue weighted by molar-refractivity contribution is 0.280. The normalized spacial score (nSPS) is 12.1. The van der Waals surface area contributed by atoms with Crippen molar-refractivity contribution in [2.75, 3.05) is 6.61 Å². The maximum Gasteiger partial charge on any atom is 0.156 e. The fraction of sp³-hybridized carbons (Fsp3) is 0.364. The van der Waals surface area contributed by atoms with Crippen LogP contribution in [0.15, 0.2) is 30.3 Å². The highest BCUT2D eigenvalue weighted by Crippen LogP contribution is 2.02. The molecule has 0 amide bonds. The molecule has 3 heteroatoms. The van der Waals surface area contributed by atoms with E-state index in [1.54, 1.807) is 6.92 Å². The van der Waals surface area contributed by atoms with Crippen molar-refractivity contribution in [2.24, 2.45) is 5.73 Å². The third kappa shape index (κ3) is 4.35. The van der Waals surface area contributed by atoms with E-state index in [-0.39, 0.29) is 6.04 Å². The third-order valence-corrected chi connectivity index (χ3v) is 1.96. The maximum atomic E-state index is 5.87. The van der Waals surface area contributed by atoms with Crippen molar-refractivity contribution < 1.29 is 4.74 Å². The smallest absolute Gasteiger partial charge is 0.156 e. The summed E-state index contributed by atoms with van der Waals surface area (Å²) in [5.41, 5.74) is 7.10. The fourth-order valence-electron chi connectivity index (χ4n) is 1.20. The Kier molecular flexibility index (Phi) is 4.56. The zero-order valence-corrected chi connectivity index (χ0v) is 9.09. The van der Waals surface area contributed by atoms with E-state index in [9.17, 15) is 0 Å². The first-order valence-electron chi connectivity index (χ1n) is 4.61. The Labute approximate surface area is 90.1 Å². The van der Waals surface area contributed by atoms with Crippen LogP contribution in [-0.2, 0) is 11.2 Å². The number of hydrogen-bond donors (Lipinski definition) is 1. The van der Waals surface area contributed by atoms with E-state index < -0.39 is 0 Å². The summed E-state index contributed by atoms with van der Waals surface area (Å²) < 4.78 is 5.18. The van der Waals surface area contributed by atoms with Crippen molar-refractivity contribution in [3.63, 3.8) is 0 Å². The van der Waals surface area contributed by atoms with Crippen LogP contribution in [0.4, 0.5) is 0 Å². The molecule has 2 N–H and O–H groups in total. The summed E-state index contributed by atoms with van der Waals surface area (Å²) in [6.45, 7) is 2.24. The highest BCUT2D eigenvalue weighted by molar-refractivity contribution is 7.80. The van der Waals surface area contributed by atoms with E-state index in [1.165, 1.54) is 5.56 Å². The zero-order valence-electron chi connectivity index (χ0n) is 8.27. The first-order valence-corrected chi connectivity index (χ1v) is 5.02. The van der Waals surface area contributed by atoms with Crippen LogP contribution in [0.25, 0.3) is 0 Å². The van der Waals surface area contributed by atoms with Gasteiger partial charge in [0, 0.05) is 13.0 Å². The summed E-state index contributed by atoms with van der Waals surface area (Å²) in [7, 11) is 0. The number of thiocarbonyl (C=S) groups is 1. The second-order valence-electron chi connectivity index (χ2n) is 3.25. The molecular weight excluding hydrogens is 194 g/mol. The summed E-state index contributed by atoms with van der Waals surface area (Å²) in [5, 5.41) is 0.550. The molecule has 1 aromatic rings. The Balaban J connectivity index is 2.34. The van der Waals surface area contributed by atoms with Crippen LogP contribution in [0, 0.1) is 0 Å². The van der Waals surface area contributed by atoms with Gasteiger partial charge in [-0.1, -0.05) is 30.3 Å². The van der Waals surface area contributed by atoms with Crippen LogP contribution < -0.4 is 5.73 Å². The van der Waals surface area contributed by atoms with E-state index in [4.69, 9.17) is 22.7 Å². The molecule has 1 atom stereocenters. The van der Waals surface area contributed by atoms with E-state index in [0.29, 0.717) is 11.7 Å². The van der Waals surface area contributed by atoms with Gasteiger partial charge in [-0.3, -0.25) is 0 Å². The van der Waals surface area contributed by atoms with E-state index in [1.807, 2.05) is 18.2 Å². The van der Waals surface area contributed by atoms with Crippen LogP contribution in [0.1, 0.15) is 12.5 Å². The Hall–Kier alpha value is -0.930. The molecule has 14 heavy (non-hydrogen) atoms. The Morgan fingerprint density at radius 3 is 2.64 bits per heavy atom. The molecule has 0 aliphatic heterocycles. The summed E-state index contributed by atoms with van der Waals surface area (Å²) in [6, 6.07) is 10.1. The largest absolute Gasteiger partial charge is 0.486 e. The van der Waals surface area contributed by atoms with E-state index in [2.05, 4.69) is 12.1 Å². The number of rotatable bonds is 4. The zero-order chi connectivity index (χ0) is 10.4. The van der Waals surface area contributed by atoms with Gasteiger partial charge in [0.2, 0.25) is 0 Å². The second kappa shape index (κ2) is 5.73. The number of benzene rings is 1. The van der Waals surface area contributed by atoms with Gasteiger partial charge in [0.1, 0.15) is 6.61 Å². The van der Waals surface area contributed by atoms with Gasteiger partial charge in [-0.15, -0.1) is 0 Å². The molecule has 0 aliphatic carbocycles. The fourth-order valence-corrected chi connectivity index (χ4v) is 1.27. The molecule has 0 heterocycles. The predicted molar refractivity (Wildman–Crippen MR) is 62.3 cm³/mol. The average Bonchev–Trinajstić information content (AvgIpc) is 2.16. The van der Waals surface area contributed by atoms with Gasteiger partial charge in [-0.05, 0) is 24.2 Å². The van der Waals surface area contributed by atoms with Gasteiger partial charge in [0.15, 0.2) is 5.05 Å². The van der Waals surface area contributed by atoms with Gasteiger partial charge in [-0.25, -0.2) is 0 Å². The molecule has 0 aromatic heterocycles. The monoisotopic (exact) mass is 209 g/mol. The minimum absolute atomic E-state index is 0.00954. The molecular formula is C11H15NOS. The minimum Gasteiger partial charge on any atom is -0.486 e. The van der Waals surface area contributed by atoms with Gasteiger partial charge in [-0.2, -0.15) is 0 Å². The van der Waals surface area contributed by atoms with Crippen LogP contribution in [0.5, 0.6) is 0 Å². The molecule has 2 nitrogen and oxygen atoms in total. The van der Waals surface area contributed by atoms with Crippen molar-refractivity contribution in [3.05, 3.63) is 35.9 Å². The van der Waals surface area contributed by atoms with Gasteiger partial charge >= 0.3 is 0 Å². The Morgan fingerprint density at radius 1 is 1.43 bits per heavy atom. The quantitative estimate of drug-likeness (QED) is 0.769. The van der Waals surface area contributed by atoms with Gasteiger partial charge < -0.3 is 10.5 Å². The summed E-state index contributed by atoms with van der Waals surface area (Å²) in [6.07, 6.45) is 0.823. The molecule has 0 fully saturated rings. The Morgan fingerprint density at radius 2 is 2.07 bits per heavy atom. The van der Waals surface area contributed by atoms with Crippen molar-refractivity contribution in [1.29, 1.82) is 0 Å². The van der Waals surface area contributed by atoms with Crippen LogP contribution >= 0.6 is 12.2 Å². The molecule has 0 saturated carbocycles. The lowest BCUT2D eigenvalue weighted by atomic mass is 10.1. The van der Waals surface area contributed by atoms with Gasteiger partial charge in [0.05, 0.1) is 0 Å². The Bertz CT molecular complexity index is 287. The van der Waals surface area contributed by atoms with Crippen molar-refractivity contribution in [1.82, 2.24) is 0 Å². The van der Waals surface area contributed by atoms with Crippen molar-refractivity contribution in [2.45, 2.75) is 19.4 Å². The first kappa shape index (κ1) is 11.1. The third-order valence-electron chi connectivity index (χ3n) is 1.84. The summed E-state index contributed by atoms with van der Waals surface area (Å²) in [4.78, 5) is 0. The highest BCUT2D eigenvalue weighted by atomic mass is 32.1. The highest BCUT2D eigenvalue weighted by Gasteiger charge is 2.04. The molecule has 0 aliphatic rings. The molecule has 0 spiro atoms. The molecule has 76 valence electrons. The lowest BCUT2D eigenvalue weighted by Crippen LogP contribution is -2.29. The van der Waals surface area contributed by atoms with Crippen molar-refractivity contribution >= 4 is 17.3 Å². The minimum atomic E-state index is 0.00954. The molecule has 0 bridgehead atoms. The molecule has 0 saturated heterocycles. The molecule has 1 aromatic carbocycles. The second-order valence-corrected chi connectivity index (χ2v) is 3.83. The summed E-state index contributed by atoms with van der Waals surface area (Å²) >= 11 is 4.80. The number of ether oxygens (including phenoxy) is 1. The number of nitrogens with two attached hydrogens (primary N) is 1. The molecule has 1 rings (SSSR count). The van der Waals surface area contributed by atoms with Crippen LogP contribution in [0.3, 0.4) is 0 Å². The predicted octanol–water partition coefficient (Wildman–Crippen LogP) is 1.92. The standard InChI is InChI=1S/C11H15NOS/c1-9(14)13-8-11(12)7-10-5-3-2-4-6-10/h2-6,11H,7-8,12H2,1H3. The van der Waals surface area contributed by atoms with Gasteiger partial charge in [0.25, 0.3) is 0 Å². The number of hydrogen-bond acceptors (Lipinski definition) is 3. The van der Waals surface area contributed by atoms with Crippen LogP contribution in [-0.4, -0.2) is 17.7 Å². The topological polar surface area (TPSA) is 35.2 Å². The SMILES string of the molecule is CC(=S)OCC(N)Cc1ccccc1. The lowest BCUT2D eigenvalue weighted by Gasteiger charge is -2.12. The van der Waals surface area contributed by atoms with E-state index in [0.717, 1.165) is 6.42 Å². The van der Waals surface area contributed by atoms with Crippen molar-refractivity contribution in [3.8, 4) is 0 Å². The molecule has 1 unspecified atom stereocenters. The first-order chi connectivity index (χ1) is 6.68. The summed E-state index contributed by atoms with van der Waals surface area (Å²) in [5.74, 6) is 0. The average molecular weight is 209 g/mol. The maximum absolute atomic E-state index is 5.87. The van der Waals surface area contributed by atoms with E-state index >= 15 is 0 Å². The van der Waals surface area contributed by atoms with Crippen LogP contribution in [0.2, 0.25) is 0 Å². The molecule has 0 radical (unpaired) electrons.